The number of aryl methyl sites for hydroxylation is 1. The summed E-state index contributed by atoms with van der Waals surface area (Å²) in [5, 5.41) is 4.16. The monoisotopic (exact) mass is 358 g/mol. The predicted molar refractivity (Wildman–Crippen MR) is 80.1 cm³/mol. The molecule has 7 nitrogen and oxygen atoms in total. The number of carbonyl (C=O) groups is 2. The van der Waals surface area contributed by atoms with Crippen molar-refractivity contribution in [1.29, 1.82) is 0 Å². The lowest BCUT2D eigenvalue weighted by Gasteiger charge is -2.34. The molecule has 116 valence electrons. The summed E-state index contributed by atoms with van der Waals surface area (Å²) in [7, 11) is 0. The van der Waals surface area contributed by atoms with Crippen LogP contribution < -0.4 is 0 Å². The number of aromatic nitrogens is 2. The molecular formula is C13H19BrN4O3. The van der Waals surface area contributed by atoms with E-state index in [9.17, 15) is 9.59 Å². The second-order valence-corrected chi connectivity index (χ2v) is 5.49. The Hall–Kier alpha value is -1.57. The lowest BCUT2D eigenvalue weighted by atomic mass is 10.3. The van der Waals surface area contributed by atoms with Crippen molar-refractivity contribution >= 4 is 27.9 Å². The van der Waals surface area contributed by atoms with Crippen LogP contribution in [0.2, 0.25) is 0 Å². The average Bonchev–Trinajstić information content (AvgIpc) is 2.88. The highest BCUT2D eigenvalue weighted by Crippen LogP contribution is 2.19. The van der Waals surface area contributed by atoms with Crippen LogP contribution in [-0.2, 0) is 11.3 Å². The fourth-order valence-corrected chi connectivity index (χ4v) is 2.74. The van der Waals surface area contributed by atoms with Crippen molar-refractivity contribution in [2.45, 2.75) is 20.4 Å². The first kappa shape index (κ1) is 15.8. The van der Waals surface area contributed by atoms with Gasteiger partial charge in [0.05, 0.1) is 17.3 Å². The van der Waals surface area contributed by atoms with E-state index in [4.69, 9.17) is 4.74 Å². The highest BCUT2D eigenvalue weighted by Gasteiger charge is 2.28. The molecule has 0 saturated carbocycles. The maximum absolute atomic E-state index is 12.6. The summed E-state index contributed by atoms with van der Waals surface area (Å²) < 4.78 is 7.33. The molecule has 0 spiro atoms. The number of ether oxygens (including phenoxy) is 1. The molecule has 1 fully saturated rings. The van der Waals surface area contributed by atoms with Gasteiger partial charge >= 0.3 is 6.09 Å². The molecule has 0 radical (unpaired) electrons. The molecule has 1 aromatic rings. The van der Waals surface area contributed by atoms with Crippen molar-refractivity contribution in [2.24, 2.45) is 0 Å². The van der Waals surface area contributed by atoms with E-state index >= 15 is 0 Å². The van der Waals surface area contributed by atoms with Crippen molar-refractivity contribution in [3.63, 3.8) is 0 Å². The van der Waals surface area contributed by atoms with Crippen molar-refractivity contribution < 1.29 is 14.3 Å². The van der Waals surface area contributed by atoms with Crippen molar-refractivity contribution in [3.8, 4) is 0 Å². The Kier molecular flexibility index (Phi) is 5.22. The van der Waals surface area contributed by atoms with Crippen LogP contribution in [0, 0.1) is 0 Å². The minimum absolute atomic E-state index is 0.0651. The molecule has 0 aliphatic carbocycles. The molecule has 1 saturated heterocycles. The smallest absolute Gasteiger partial charge is 0.409 e. The van der Waals surface area contributed by atoms with Gasteiger partial charge < -0.3 is 14.5 Å². The third-order valence-corrected chi connectivity index (χ3v) is 3.97. The van der Waals surface area contributed by atoms with Gasteiger partial charge in [0.1, 0.15) is 5.69 Å². The lowest BCUT2D eigenvalue weighted by molar-refractivity contribution is 0.0560. The topological polar surface area (TPSA) is 67.7 Å². The van der Waals surface area contributed by atoms with Crippen LogP contribution in [-0.4, -0.2) is 64.4 Å². The number of hydrogen-bond acceptors (Lipinski definition) is 4. The van der Waals surface area contributed by atoms with E-state index in [1.54, 1.807) is 27.6 Å². The van der Waals surface area contributed by atoms with Crippen LogP contribution in [0.5, 0.6) is 0 Å². The number of hydrogen-bond donors (Lipinski definition) is 0. The molecule has 0 bridgehead atoms. The molecular weight excluding hydrogens is 340 g/mol. The highest BCUT2D eigenvalue weighted by molar-refractivity contribution is 9.10. The number of nitrogens with zero attached hydrogens (tertiary/aromatic N) is 4. The molecule has 1 aliphatic rings. The van der Waals surface area contributed by atoms with Gasteiger partial charge in [-0.25, -0.2) is 4.79 Å². The van der Waals surface area contributed by atoms with Gasteiger partial charge in [-0.05, 0) is 29.8 Å². The van der Waals surface area contributed by atoms with Gasteiger partial charge in [0.25, 0.3) is 5.91 Å². The van der Waals surface area contributed by atoms with Gasteiger partial charge in [-0.15, -0.1) is 0 Å². The summed E-state index contributed by atoms with van der Waals surface area (Å²) >= 11 is 3.37. The molecule has 0 unspecified atom stereocenters. The van der Waals surface area contributed by atoms with Gasteiger partial charge in [0.15, 0.2) is 0 Å². The second kappa shape index (κ2) is 6.93. The number of piperazine rings is 1. The summed E-state index contributed by atoms with van der Waals surface area (Å²) in [6.45, 7) is 6.69. The minimum Gasteiger partial charge on any atom is -0.450 e. The average molecular weight is 359 g/mol. The van der Waals surface area contributed by atoms with Crippen LogP contribution in [0.15, 0.2) is 10.7 Å². The molecule has 1 aliphatic heterocycles. The molecule has 8 heteroatoms. The molecule has 21 heavy (non-hydrogen) atoms. The second-order valence-electron chi connectivity index (χ2n) is 4.64. The first-order valence-electron chi connectivity index (χ1n) is 7.00. The van der Waals surface area contributed by atoms with Crippen molar-refractivity contribution in [1.82, 2.24) is 19.6 Å². The van der Waals surface area contributed by atoms with Gasteiger partial charge in [-0.3, -0.25) is 9.48 Å². The summed E-state index contributed by atoms with van der Waals surface area (Å²) in [6, 6.07) is 0. The minimum atomic E-state index is -0.315. The lowest BCUT2D eigenvalue weighted by Crippen LogP contribution is -2.51. The predicted octanol–water partition coefficient (Wildman–Crippen LogP) is 1.58. The first-order chi connectivity index (χ1) is 10.1. The summed E-state index contributed by atoms with van der Waals surface area (Å²) in [4.78, 5) is 27.6. The molecule has 2 rings (SSSR count). The van der Waals surface area contributed by atoms with Crippen LogP contribution >= 0.6 is 15.9 Å². The fraction of sp³-hybridized carbons (Fsp3) is 0.615. The zero-order valence-electron chi connectivity index (χ0n) is 12.2. The van der Waals surface area contributed by atoms with E-state index in [0.717, 1.165) is 0 Å². The van der Waals surface area contributed by atoms with Crippen LogP contribution in [0.25, 0.3) is 0 Å². The van der Waals surface area contributed by atoms with Crippen LogP contribution in [0.1, 0.15) is 24.3 Å². The molecule has 0 aromatic carbocycles. The Morgan fingerprint density at radius 1 is 1.24 bits per heavy atom. The molecule has 0 N–H and O–H groups in total. The van der Waals surface area contributed by atoms with E-state index in [1.807, 2.05) is 6.92 Å². The van der Waals surface area contributed by atoms with Crippen LogP contribution in [0.3, 0.4) is 0 Å². The first-order valence-corrected chi connectivity index (χ1v) is 7.80. The Morgan fingerprint density at radius 3 is 2.43 bits per heavy atom. The third kappa shape index (κ3) is 3.37. The number of amides is 2. The number of halogens is 1. The van der Waals surface area contributed by atoms with Gasteiger partial charge in [0, 0.05) is 32.7 Å². The molecule has 0 atom stereocenters. The zero-order chi connectivity index (χ0) is 15.4. The SMILES string of the molecule is CCOC(=O)N1CCN(C(=O)c2c(Br)cnn2CC)CC1. The van der Waals surface area contributed by atoms with E-state index < -0.39 is 0 Å². The molecule has 1 aromatic heterocycles. The van der Waals surface area contributed by atoms with Crippen molar-refractivity contribution in [2.75, 3.05) is 32.8 Å². The Balaban J connectivity index is 2.00. The largest absolute Gasteiger partial charge is 0.450 e. The molecule has 2 amide bonds. The Morgan fingerprint density at radius 2 is 1.86 bits per heavy atom. The summed E-state index contributed by atoms with van der Waals surface area (Å²) in [6.07, 6.45) is 1.32. The summed E-state index contributed by atoms with van der Waals surface area (Å²) in [5.74, 6) is -0.0651. The van der Waals surface area contributed by atoms with E-state index in [-0.39, 0.29) is 12.0 Å². The Bertz CT molecular complexity index is 523. The van der Waals surface area contributed by atoms with E-state index in [2.05, 4.69) is 21.0 Å². The van der Waals surface area contributed by atoms with Gasteiger partial charge in [-0.2, -0.15) is 5.10 Å². The normalized spacial score (nSPS) is 15.2. The van der Waals surface area contributed by atoms with Gasteiger partial charge in [0.2, 0.25) is 0 Å². The highest BCUT2D eigenvalue weighted by atomic mass is 79.9. The van der Waals surface area contributed by atoms with E-state index in [1.165, 1.54) is 0 Å². The van der Waals surface area contributed by atoms with Gasteiger partial charge in [-0.1, -0.05) is 0 Å². The zero-order valence-corrected chi connectivity index (χ0v) is 13.8. The number of rotatable bonds is 3. The quantitative estimate of drug-likeness (QED) is 0.822. The van der Waals surface area contributed by atoms with E-state index in [0.29, 0.717) is 49.5 Å². The molecule has 2 heterocycles. The van der Waals surface area contributed by atoms with Crippen molar-refractivity contribution in [3.05, 3.63) is 16.4 Å². The third-order valence-electron chi connectivity index (χ3n) is 3.39. The van der Waals surface area contributed by atoms with Crippen LogP contribution in [0.4, 0.5) is 4.79 Å². The number of carbonyl (C=O) groups excluding carboxylic acids is 2. The standard InChI is InChI=1S/C13H19BrN4O3/c1-3-18-11(10(14)9-15-18)12(19)16-5-7-17(8-6-16)13(20)21-4-2/h9H,3-8H2,1-2H3. The maximum Gasteiger partial charge on any atom is 0.409 e. The summed E-state index contributed by atoms with van der Waals surface area (Å²) in [5.41, 5.74) is 0.557. The maximum atomic E-state index is 12.6. The Labute approximate surface area is 132 Å². The fourth-order valence-electron chi connectivity index (χ4n) is 2.27.